The van der Waals surface area contributed by atoms with Crippen molar-refractivity contribution >= 4 is 5.91 Å². The van der Waals surface area contributed by atoms with E-state index in [0.717, 1.165) is 51.1 Å². The lowest BCUT2D eigenvalue weighted by atomic mass is 9.83. The number of hydrogen-bond acceptors (Lipinski definition) is 4. The topological polar surface area (TPSA) is 77.0 Å². The number of piperidine rings is 1. The maximum absolute atomic E-state index is 12.9. The molecule has 2 fully saturated rings. The van der Waals surface area contributed by atoms with Crippen LogP contribution >= 0.6 is 0 Å². The Hall–Kier alpha value is -2.21. The number of carbonyl (C=O) groups is 1. The van der Waals surface area contributed by atoms with Gasteiger partial charge in [0, 0.05) is 50.3 Å². The zero-order valence-electron chi connectivity index (χ0n) is 16.5. The third-order valence-electron chi connectivity index (χ3n) is 6.46. The molecule has 1 amide bonds. The minimum absolute atomic E-state index is 0.158. The van der Waals surface area contributed by atoms with Crippen molar-refractivity contribution in [3.05, 3.63) is 48.3 Å². The lowest BCUT2D eigenvalue weighted by Gasteiger charge is -2.36. The van der Waals surface area contributed by atoms with E-state index in [4.69, 9.17) is 5.73 Å². The second-order valence-electron chi connectivity index (χ2n) is 8.29. The number of imidazole rings is 1. The van der Waals surface area contributed by atoms with Gasteiger partial charge < -0.3 is 15.2 Å². The summed E-state index contributed by atoms with van der Waals surface area (Å²) in [5, 5.41) is 0. The fourth-order valence-electron chi connectivity index (χ4n) is 4.76. The summed E-state index contributed by atoms with van der Waals surface area (Å²) in [7, 11) is 0. The normalized spacial score (nSPS) is 20.2. The molecule has 2 N–H and O–H groups in total. The van der Waals surface area contributed by atoms with E-state index in [2.05, 4.69) is 14.5 Å². The fourth-order valence-corrected chi connectivity index (χ4v) is 4.76. The summed E-state index contributed by atoms with van der Waals surface area (Å²) >= 11 is 0. The molecule has 0 aromatic carbocycles. The number of pyridine rings is 1. The van der Waals surface area contributed by atoms with Crippen molar-refractivity contribution < 1.29 is 4.79 Å². The zero-order valence-corrected chi connectivity index (χ0v) is 16.5. The predicted molar refractivity (Wildman–Crippen MR) is 109 cm³/mol. The molecule has 1 atom stereocenters. The molecule has 0 unspecified atom stereocenters. The molecule has 4 rings (SSSR count). The van der Waals surface area contributed by atoms with Gasteiger partial charge in [0.2, 0.25) is 5.91 Å². The van der Waals surface area contributed by atoms with Crippen LogP contribution in [0.15, 0.2) is 36.9 Å². The number of amides is 1. The maximum atomic E-state index is 12.9. The molecule has 3 heterocycles. The summed E-state index contributed by atoms with van der Waals surface area (Å²) in [6.07, 6.45) is 15.4. The Bertz CT molecular complexity index is 760. The summed E-state index contributed by atoms with van der Waals surface area (Å²) in [6.45, 7) is 2.38. The standard InChI is InChI=1S/C22H31N5O/c23-20(18-4-2-1-3-5-18)22(28)26-13-8-19(9-14-26)21-25-12-15-27(21)16-17-6-10-24-11-7-17/h6-7,10-12,15,18-20H,1-5,8-9,13-14,16,23H2/t20-/m0/s1. The molecule has 1 saturated carbocycles. The summed E-state index contributed by atoms with van der Waals surface area (Å²) < 4.78 is 2.23. The molecular weight excluding hydrogens is 350 g/mol. The summed E-state index contributed by atoms with van der Waals surface area (Å²) in [5.41, 5.74) is 7.57. The van der Waals surface area contributed by atoms with Crippen molar-refractivity contribution in [3.63, 3.8) is 0 Å². The molecule has 0 radical (unpaired) electrons. The number of hydrogen-bond donors (Lipinski definition) is 1. The zero-order chi connectivity index (χ0) is 19.3. The third kappa shape index (κ3) is 4.27. The monoisotopic (exact) mass is 381 g/mol. The number of likely N-dealkylation sites (tertiary alicyclic amines) is 1. The molecule has 2 aromatic heterocycles. The van der Waals surface area contributed by atoms with Crippen LogP contribution in [0.25, 0.3) is 0 Å². The highest BCUT2D eigenvalue weighted by Gasteiger charge is 2.32. The van der Waals surface area contributed by atoms with Gasteiger partial charge in [-0.2, -0.15) is 0 Å². The number of rotatable bonds is 5. The van der Waals surface area contributed by atoms with E-state index >= 15 is 0 Å². The van der Waals surface area contributed by atoms with E-state index in [1.165, 1.54) is 24.8 Å². The van der Waals surface area contributed by atoms with Crippen LogP contribution in [0.2, 0.25) is 0 Å². The molecule has 28 heavy (non-hydrogen) atoms. The van der Waals surface area contributed by atoms with Gasteiger partial charge in [-0.1, -0.05) is 19.3 Å². The van der Waals surface area contributed by atoms with Gasteiger partial charge >= 0.3 is 0 Å². The quantitative estimate of drug-likeness (QED) is 0.864. The first-order valence-corrected chi connectivity index (χ1v) is 10.7. The Morgan fingerprint density at radius 2 is 1.79 bits per heavy atom. The summed E-state index contributed by atoms with van der Waals surface area (Å²) in [4.78, 5) is 23.6. The van der Waals surface area contributed by atoms with Crippen molar-refractivity contribution in [2.24, 2.45) is 11.7 Å². The van der Waals surface area contributed by atoms with Crippen LogP contribution in [0.4, 0.5) is 0 Å². The molecule has 1 aliphatic carbocycles. The van der Waals surface area contributed by atoms with E-state index in [-0.39, 0.29) is 11.9 Å². The summed E-state index contributed by atoms with van der Waals surface area (Å²) in [5.74, 6) is 2.05. The van der Waals surface area contributed by atoms with Crippen LogP contribution in [0.5, 0.6) is 0 Å². The van der Waals surface area contributed by atoms with E-state index in [9.17, 15) is 4.79 Å². The summed E-state index contributed by atoms with van der Waals surface area (Å²) in [6, 6.07) is 3.76. The first kappa shape index (κ1) is 19.1. The van der Waals surface area contributed by atoms with Crippen LogP contribution in [-0.4, -0.2) is 44.5 Å². The predicted octanol–water partition coefficient (Wildman–Crippen LogP) is 2.94. The molecule has 1 aliphatic heterocycles. The number of nitrogens with two attached hydrogens (primary N) is 1. The van der Waals surface area contributed by atoms with E-state index in [1.54, 1.807) is 0 Å². The Balaban J connectivity index is 1.34. The van der Waals surface area contributed by atoms with Gasteiger partial charge in [-0.15, -0.1) is 0 Å². The molecular formula is C22H31N5O. The Morgan fingerprint density at radius 1 is 1.07 bits per heavy atom. The number of carbonyl (C=O) groups excluding carboxylic acids is 1. The van der Waals surface area contributed by atoms with Crippen molar-refractivity contribution in [1.82, 2.24) is 19.4 Å². The minimum atomic E-state index is -0.314. The van der Waals surface area contributed by atoms with E-state index in [1.807, 2.05) is 41.8 Å². The van der Waals surface area contributed by atoms with Gasteiger partial charge in [-0.25, -0.2) is 4.98 Å². The second-order valence-corrected chi connectivity index (χ2v) is 8.29. The Kier molecular flexibility index (Phi) is 6.05. The number of aromatic nitrogens is 3. The van der Waals surface area contributed by atoms with Crippen molar-refractivity contribution in [2.75, 3.05) is 13.1 Å². The Labute approximate surface area is 167 Å². The van der Waals surface area contributed by atoms with E-state index in [0.29, 0.717) is 11.8 Å². The van der Waals surface area contributed by atoms with Gasteiger partial charge in [-0.05, 0) is 49.3 Å². The van der Waals surface area contributed by atoms with Crippen LogP contribution < -0.4 is 5.73 Å². The van der Waals surface area contributed by atoms with Crippen LogP contribution in [0.1, 0.15) is 62.3 Å². The van der Waals surface area contributed by atoms with Crippen molar-refractivity contribution in [1.29, 1.82) is 0 Å². The minimum Gasteiger partial charge on any atom is -0.341 e. The van der Waals surface area contributed by atoms with Crippen LogP contribution in [-0.2, 0) is 11.3 Å². The molecule has 0 bridgehead atoms. The average molecular weight is 382 g/mol. The molecule has 2 aromatic rings. The molecule has 0 spiro atoms. The highest BCUT2D eigenvalue weighted by Crippen LogP contribution is 2.30. The fraction of sp³-hybridized carbons (Fsp3) is 0.591. The van der Waals surface area contributed by atoms with Crippen LogP contribution in [0, 0.1) is 5.92 Å². The van der Waals surface area contributed by atoms with Gasteiger partial charge in [0.25, 0.3) is 0 Å². The highest BCUT2D eigenvalue weighted by molar-refractivity contribution is 5.82. The highest BCUT2D eigenvalue weighted by atomic mass is 16.2. The maximum Gasteiger partial charge on any atom is 0.239 e. The second kappa shape index (κ2) is 8.86. The van der Waals surface area contributed by atoms with E-state index < -0.39 is 0 Å². The molecule has 1 saturated heterocycles. The Morgan fingerprint density at radius 3 is 2.50 bits per heavy atom. The van der Waals surface area contributed by atoms with Gasteiger partial charge in [-0.3, -0.25) is 9.78 Å². The average Bonchev–Trinajstić information content (AvgIpc) is 3.22. The third-order valence-corrected chi connectivity index (χ3v) is 6.46. The van der Waals surface area contributed by atoms with Crippen molar-refractivity contribution in [3.8, 4) is 0 Å². The molecule has 2 aliphatic rings. The molecule has 150 valence electrons. The lowest BCUT2D eigenvalue weighted by Crippen LogP contribution is -2.50. The smallest absolute Gasteiger partial charge is 0.239 e. The van der Waals surface area contributed by atoms with Crippen LogP contribution in [0.3, 0.4) is 0 Å². The van der Waals surface area contributed by atoms with Gasteiger partial charge in [0.05, 0.1) is 6.04 Å². The first-order valence-electron chi connectivity index (χ1n) is 10.7. The SMILES string of the molecule is N[C@H](C(=O)N1CCC(c2nccn2Cc2ccncc2)CC1)C1CCCCC1. The first-order chi connectivity index (χ1) is 13.7. The number of nitrogens with zero attached hydrogens (tertiary/aromatic N) is 4. The largest absolute Gasteiger partial charge is 0.341 e. The molecule has 6 heteroatoms. The van der Waals surface area contributed by atoms with Gasteiger partial charge in [0.15, 0.2) is 0 Å². The van der Waals surface area contributed by atoms with Gasteiger partial charge in [0.1, 0.15) is 5.82 Å². The van der Waals surface area contributed by atoms with Crippen molar-refractivity contribution in [2.45, 2.75) is 63.5 Å². The lowest BCUT2D eigenvalue weighted by molar-refractivity contribution is -0.135. The molecule has 6 nitrogen and oxygen atoms in total.